The summed E-state index contributed by atoms with van der Waals surface area (Å²) in [4.78, 5) is 22.6. The predicted molar refractivity (Wildman–Crippen MR) is 276 cm³/mol. The standard InChI is InChI=1S/C55H90N6O13/c1-14-45-55(10,68)48(64)36(6)60(12)28-32(2)25-53(8,67)50(34(4)46(35(5)51(66)73-45)43-26-54(9,69-13)49(65)37(7)72-43)74-52-47(63)42(24-33(3)71-52)59(11)23-22-40-29-61(58-57-40)41(30-62)17-15-16-38-18-20-39(21-19-38)44-27-56-31-70-44/h18-21,27,29,31-37,41-43,45-50,52,62-65,67-68H,14-17,22-26,28,30H2,1-13H3/t32-,33-,34+,35-,36-,37+,41+,42+,43-,45-,46?,47-,48-,49+,50-,52+,53-,54-,55-/m1/s1. The van der Waals surface area contributed by atoms with Crippen LogP contribution in [-0.4, -0.2) is 191 Å². The van der Waals surface area contributed by atoms with E-state index >= 15 is 0 Å². The van der Waals surface area contributed by atoms with E-state index in [-0.39, 0.29) is 43.9 Å². The number of nitrogens with zero attached hydrogens (tertiary/aromatic N) is 6. The molecule has 3 saturated heterocycles. The van der Waals surface area contributed by atoms with Crippen molar-refractivity contribution in [2.24, 2.45) is 23.7 Å². The van der Waals surface area contributed by atoms with Crippen molar-refractivity contribution < 1.29 is 63.5 Å². The molecular formula is C55H90N6O13. The first-order valence-electron chi connectivity index (χ1n) is 27.0. The Balaban J connectivity index is 1.21. The fraction of sp³-hybridized carbons (Fsp3) is 0.782. The lowest BCUT2D eigenvalue weighted by molar-refractivity contribution is -0.302. The van der Waals surface area contributed by atoms with Crippen molar-refractivity contribution in [2.45, 2.75) is 211 Å². The van der Waals surface area contributed by atoms with Crippen molar-refractivity contribution >= 4 is 5.97 Å². The molecule has 3 aliphatic heterocycles. The van der Waals surface area contributed by atoms with Crippen LogP contribution >= 0.6 is 0 Å². The van der Waals surface area contributed by atoms with Crippen LogP contribution in [0.3, 0.4) is 0 Å². The van der Waals surface area contributed by atoms with Gasteiger partial charge in [-0.15, -0.1) is 5.10 Å². The third-order valence-electron chi connectivity index (χ3n) is 17.0. The van der Waals surface area contributed by atoms with Crippen LogP contribution in [0, 0.1) is 23.7 Å². The number of hydrogen-bond acceptors (Lipinski definition) is 18. The van der Waals surface area contributed by atoms with Gasteiger partial charge < -0.3 is 68.5 Å². The molecule has 2 aromatic heterocycles. The SMILES string of the molecule is CC[C@H]1OC(=O)[C@H](C)C([C@H]2C[C@@](C)(OC)[C@@H](O)[C@H](C)O2)[C@H](C)[C@@H](O[C@@H]2O[C@H](C)C[C@H](N(C)CCc3cn([C@H](CO)CCCc4ccc(-c5cnco5)cc4)nn3)[C@H]2O)[C@](C)(O)C[C@@H](C)CN(C)[C@H](C)[C@@H](O)[C@]1(C)O. The molecule has 3 aliphatic rings. The largest absolute Gasteiger partial charge is 0.459 e. The maximum absolute atomic E-state index is 14.6. The Hall–Kier alpha value is -3.44. The molecular weight excluding hydrogens is 953 g/mol. The topological polar surface area (TPSA) is 248 Å². The average Bonchev–Trinajstić information content (AvgIpc) is 4.08. The van der Waals surface area contributed by atoms with Crippen molar-refractivity contribution in [3.63, 3.8) is 0 Å². The minimum atomic E-state index is -1.82. The molecule has 0 bridgehead atoms. The minimum Gasteiger partial charge on any atom is -0.459 e. The van der Waals surface area contributed by atoms with Crippen molar-refractivity contribution in [2.75, 3.05) is 40.9 Å². The van der Waals surface area contributed by atoms with Crippen molar-refractivity contribution in [1.29, 1.82) is 0 Å². The van der Waals surface area contributed by atoms with E-state index in [0.717, 1.165) is 29.9 Å². The Morgan fingerprint density at radius 1 is 0.973 bits per heavy atom. The molecule has 74 heavy (non-hydrogen) atoms. The molecule has 0 radical (unpaired) electrons. The van der Waals surface area contributed by atoms with Crippen LogP contribution in [0.15, 0.2) is 47.5 Å². The molecule has 0 saturated carbocycles. The lowest BCUT2D eigenvalue weighted by Crippen LogP contribution is -2.62. The number of rotatable bonds is 16. The number of aryl methyl sites for hydroxylation is 1. The Morgan fingerprint density at radius 2 is 1.68 bits per heavy atom. The number of methoxy groups -OCH3 is 1. The molecule has 418 valence electrons. The Kier molecular flexibility index (Phi) is 20.5. The van der Waals surface area contributed by atoms with E-state index in [1.807, 2.05) is 71.9 Å². The molecule has 6 rings (SSSR count). The molecule has 3 aromatic rings. The number of cyclic esters (lactones) is 1. The molecule has 0 spiro atoms. The number of benzene rings is 1. The van der Waals surface area contributed by atoms with Gasteiger partial charge in [0.2, 0.25) is 0 Å². The normalized spacial score (nSPS) is 38.8. The molecule has 5 heterocycles. The highest BCUT2D eigenvalue weighted by Gasteiger charge is 2.55. The van der Waals surface area contributed by atoms with E-state index < -0.39 is 102 Å². The molecule has 1 aromatic carbocycles. The first-order valence-corrected chi connectivity index (χ1v) is 27.0. The quantitative estimate of drug-likeness (QED) is 0.107. The van der Waals surface area contributed by atoms with Crippen LogP contribution < -0.4 is 0 Å². The third kappa shape index (κ3) is 13.8. The summed E-state index contributed by atoms with van der Waals surface area (Å²) in [5, 5.41) is 79.4. The van der Waals surface area contributed by atoms with Gasteiger partial charge in [-0.25, -0.2) is 9.67 Å². The van der Waals surface area contributed by atoms with Gasteiger partial charge in [0.1, 0.15) is 30.0 Å². The van der Waals surface area contributed by atoms with E-state index in [4.69, 9.17) is 28.1 Å². The van der Waals surface area contributed by atoms with E-state index in [0.29, 0.717) is 32.4 Å². The zero-order valence-electron chi connectivity index (χ0n) is 46.3. The van der Waals surface area contributed by atoms with Gasteiger partial charge in [-0.1, -0.05) is 57.2 Å². The van der Waals surface area contributed by atoms with Crippen LogP contribution in [-0.2, 0) is 41.3 Å². The number of carbonyl (C=O) groups excluding carboxylic acids is 1. The minimum absolute atomic E-state index is 0.0821. The van der Waals surface area contributed by atoms with Gasteiger partial charge in [0.05, 0.1) is 66.1 Å². The molecule has 19 heteroatoms. The first kappa shape index (κ1) is 59.8. The van der Waals surface area contributed by atoms with Gasteiger partial charge in [-0.2, -0.15) is 0 Å². The lowest BCUT2D eigenvalue weighted by atomic mass is 9.68. The summed E-state index contributed by atoms with van der Waals surface area (Å²) < 4.78 is 39.4. The summed E-state index contributed by atoms with van der Waals surface area (Å²) in [5.41, 5.74) is -1.59. The van der Waals surface area contributed by atoms with E-state index in [1.165, 1.54) is 26.0 Å². The van der Waals surface area contributed by atoms with Crippen molar-refractivity contribution in [3.05, 3.63) is 54.3 Å². The molecule has 1 unspecified atom stereocenters. The van der Waals surface area contributed by atoms with Crippen molar-refractivity contribution in [3.8, 4) is 11.3 Å². The van der Waals surface area contributed by atoms with Crippen molar-refractivity contribution in [1.82, 2.24) is 29.8 Å². The number of aliphatic hydroxyl groups excluding tert-OH is 4. The highest BCUT2D eigenvalue weighted by atomic mass is 16.7. The van der Waals surface area contributed by atoms with Gasteiger partial charge in [0.25, 0.3) is 0 Å². The zero-order valence-corrected chi connectivity index (χ0v) is 46.3. The van der Waals surface area contributed by atoms with Gasteiger partial charge in [-0.05, 0) is 112 Å². The van der Waals surface area contributed by atoms with Crippen LogP contribution in [0.4, 0.5) is 0 Å². The van der Waals surface area contributed by atoms with Crippen LogP contribution in [0.2, 0.25) is 0 Å². The number of ether oxygens (including phenoxy) is 5. The fourth-order valence-electron chi connectivity index (χ4n) is 12.3. The summed E-state index contributed by atoms with van der Waals surface area (Å²) in [5.74, 6) is -2.45. The third-order valence-corrected chi connectivity index (χ3v) is 17.0. The highest BCUT2D eigenvalue weighted by molar-refractivity contribution is 5.73. The van der Waals surface area contributed by atoms with Gasteiger partial charge in [0.15, 0.2) is 18.4 Å². The summed E-state index contributed by atoms with van der Waals surface area (Å²) in [6.45, 7) is 18.8. The Bertz CT molecular complexity index is 2180. The maximum atomic E-state index is 14.6. The molecule has 3 fully saturated rings. The first-order chi connectivity index (χ1) is 34.8. The summed E-state index contributed by atoms with van der Waals surface area (Å²) in [7, 11) is 5.32. The lowest BCUT2D eigenvalue weighted by Gasteiger charge is -2.51. The highest BCUT2D eigenvalue weighted by Crippen LogP contribution is 2.45. The van der Waals surface area contributed by atoms with E-state index in [9.17, 15) is 35.4 Å². The number of esters is 1. The number of likely N-dealkylation sites (N-methyl/N-ethyl adjacent to an activating group) is 2. The second kappa shape index (κ2) is 25.4. The van der Waals surface area contributed by atoms with E-state index in [1.54, 1.807) is 38.6 Å². The van der Waals surface area contributed by atoms with E-state index in [2.05, 4.69) is 32.3 Å². The molecule has 6 N–H and O–H groups in total. The monoisotopic (exact) mass is 1040 g/mol. The number of aromatic nitrogens is 4. The Labute approximate surface area is 438 Å². The number of carbonyl (C=O) groups is 1. The summed E-state index contributed by atoms with van der Waals surface area (Å²) in [6, 6.07) is 6.95. The second-order valence-corrected chi connectivity index (χ2v) is 23.0. The van der Waals surface area contributed by atoms with Crippen LogP contribution in [0.25, 0.3) is 11.3 Å². The van der Waals surface area contributed by atoms with Gasteiger partial charge in [0, 0.05) is 62.8 Å². The maximum Gasteiger partial charge on any atom is 0.309 e. The number of oxazole rings is 1. The number of aliphatic hydroxyl groups is 6. The second-order valence-electron chi connectivity index (χ2n) is 23.0. The Morgan fingerprint density at radius 3 is 2.31 bits per heavy atom. The summed E-state index contributed by atoms with van der Waals surface area (Å²) >= 11 is 0. The predicted octanol–water partition coefficient (Wildman–Crippen LogP) is 4.59. The molecule has 0 amide bonds. The average molecular weight is 1040 g/mol. The molecule has 19 nitrogen and oxygen atoms in total. The number of hydrogen-bond donors (Lipinski definition) is 6. The zero-order chi connectivity index (χ0) is 54.4. The van der Waals surface area contributed by atoms with Crippen LogP contribution in [0.5, 0.6) is 0 Å². The smallest absolute Gasteiger partial charge is 0.309 e. The molecule has 0 aliphatic carbocycles. The summed E-state index contributed by atoms with van der Waals surface area (Å²) in [6.07, 6.45) is 0.424. The van der Waals surface area contributed by atoms with Gasteiger partial charge >= 0.3 is 5.97 Å². The van der Waals surface area contributed by atoms with Gasteiger partial charge in [-0.3, -0.25) is 4.79 Å². The molecule has 19 atom stereocenters. The fourth-order valence-corrected chi connectivity index (χ4v) is 12.3. The van der Waals surface area contributed by atoms with Crippen LogP contribution in [0.1, 0.15) is 125 Å².